The van der Waals surface area contributed by atoms with Crippen LogP contribution in [0.1, 0.15) is 19.2 Å². The van der Waals surface area contributed by atoms with E-state index in [1.165, 1.54) is 6.20 Å². The van der Waals surface area contributed by atoms with Crippen LogP contribution in [0, 0.1) is 5.82 Å². The Morgan fingerprint density at radius 2 is 2.21 bits per heavy atom. The SMILES string of the molecule is C=C([C@@H](C)Nc1nc(C2=CNC3NC=C(Cl)C=C23)ncc1F)N1CCCOCC1. The number of aromatic nitrogens is 2. The van der Waals surface area contributed by atoms with E-state index in [-0.39, 0.29) is 18.0 Å². The van der Waals surface area contributed by atoms with Gasteiger partial charge in [-0.25, -0.2) is 14.4 Å². The molecule has 7 nitrogen and oxygen atoms in total. The van der Waals surface area contributed by atoms with Gasteiger partial charge >= 0.3 is 0 Å². The smallest absolute Gasteiger partial charge is 0.183 e. The second-order valence-electron chi connectivity index (χ2n) is 7.15. The fourth-order valence-electron chi connectivity index (χ4n) is 3.53. The highest BCUT2D eigenvalue weighted by atomic mass is 35.5. The Morgan fingerprint density at radius 1 is 1.38 bits per heavy atom. The van der Waals surface area contributed by atoms with Crippen molar-refractivity contribution in [2.45, 2.75) is 25.6 Å². The fraction of sp³-hybridized carbons (Fsp3) is 0.400. The van der Waals surface area contributed by atoms with Crippen molar-refractivity contribution >= 4 is 23.0 Å². The number of nitrogens with one attached hydrogen (secondary N) is 3. The number of hydrogen-bond acceptors (Lipinski definition) is 7. The average molecular weight is 419 g/mol. The van der Waals surface area contributed by atoms with Crippen LogP contribution in [0.3, 0.4) is 0 Å². The zero-order valence-corrected chi connectivity index (χ0v) is 17.0. The molecule has 0 radical (unpaired) electrons. The zero-order chi connectivity index (χ0) is 20.4. The number of ether oxygens (including phenoxy) is 1. The Hall–Kier alpha value is -2.58. The quantitative estimate of drug-likeness (QED) is 0.678. The Kier molecular flexibility index (Phi) is 5.73. The Labute approximate surface area is 174 Å². The molecular formula is C20H24ClFN6O. The molecule has 154 valence electrons. The number of dihydropyridines is 1. The summed E-state index contributed by atoms with van der Waals surface area (Å²) < 4.78 is 19.9. The number of anilines is 1. The molecule has 4 heterocycles. The number of halogens is 2. The number of allylic oxidation sites excluding steroid dienone is 2. The molecular weight excluding hydrogens is 395 g/mol. The second-order valence-corrected chi connectivity index (χ2v) is 7.59. The molecule has 0 spiro atoms. The van der Waals surface area contributed by atoms with Crippen LogP contribution in [0.4, 0.5) is 10.2 Å². The maximum absolute atomic E-state index is 14.4. The van der Waals surface area contributed by atoms with Crippen molar-refractivity contribution in [2.75, 3.05) is 31.6 Å². The molecule has 0 aliphatic carbocycles. The third kappa shape index (κ3) is 4.23. The van der Waals surface area contributed by atoms with Crippen molar-refractivity contribution in [2.24, 2.45) is 0 Å². The van der Waals surface area contributed by atoms with Crippen LogP contribution in [0.2, 0.25) is 0 Å². The molecule has 1 aromatic rings. The van der Waals surface area contributed by atoms with Crippen LogP contribution in [-0.4, -0.2) is 53.4 Å². The van der Waals surface area contributed by atoms with Gasteiger partial charge in [0.25, 0.3) is 0 Å². The Bertz CT molecular complexity index is 891. The number of rotatable bonds is 5. The van der Waals surface area contributed by atoms with Crippen molar-refractivity contribution in [3.63, 3.8) is 0 Å². The monoisotopic (exact) mass is 418 g/mol. The van der Waals surface area contributed by atoms with E-state index < -0.39 is 5.82 Å². The molecule has 0 saturated carbocycles. The summed E-state index contributed by atoms with van der Waals surface area (Å²) in [5.41, 5.74) is 2.57. The minimum absolute atomic E-state index is 0.0958. The van der Waals surface area contributed by atoms with Gasteiger partial charge < -0.3 is 25.6 Å². The summed E-state index contributed by atoms with van der Waals surface area (Å²) in [6.07, 6.45) is 7.41. The first kappa shape index (κ1) is 19.7. The highest BCUT2D eigenvalue weighted by Crippen LogP contribution is 2.31. The lowest BCUT2D eigenvalue weighted by atomic mass is 10.0. The summed E-state index contributed by atoms with van der Waals surface area (Å²) in [4.78, 5) is 10.8. The first-order chi connectivity index (χ1) is 14.0. The molecule has 4 rings (SSSR count). The topological polar surface area (TPSA) is 74.3 Å². The van der Waals surface area contributed by atoms with Gasteiger partial charge in [0.15, 0.2) is 17.5 Å². The van der Waals surface area contributed by atoms with Gasteiger partial charge in [-0.3, -0.25) is 0 Å². The lowest BCUT2D eigenvalue weighted by Gasteiger charge is -2.29. The summed E-state index contributed by atoms with van der Waals surface area (Å²) in [5.74, 6) is 0.0544. The van der Waals surface area contributed by atoms with E-state index in [1.807, 2.05) is 19.2 Å². The van der Waals surface area contributed by atoms with Gasteiger partial charge in [0.2, 0.25) is 0 Å². The molecule has 0 amide bonds. The maximum atomic E-state index is 14.4. The standard InChI is InChI=1S/C20H24ClFN6O/c1-12(13(2)28-4-3-6-29-7-5-28)26-20-17(22)11-25-19(27-20)16-10-24-18-15(16)8-14(21)9-23-18/h8-12,18,23-24H,2-7H2,1H3,(H,25,26,27)/t12-,18?/m1/s1. The highest BCUT2D eigenvalue weighted by Gasteiger charge is 2.28. The lowest BCUT2D eigenvalue weighted by molar-refractivity contribution is 0.145. The van der Waals surface area contributed by atoms with Crippen LogP contribution in [0.15, 0.2) is 47.6 Å². The first-order valence-electron chi connectivity index (χ1n) is 9.64. The van der Waals surface area contributed by atoms with Crippen molar-refractivity contribution in [3.8, 4) is 0 Å². The van der Waals surface area contributed by atoms with Crippen LogP contribution < -0.4 is 16.0 Å². The maximum Gasteiger partial charge on any atom is 0.183 e. The first-order valence-corrected chi connectivity index (χ1v) is 10.0. The van der Waals surface area contributed by atoms with Crippen LogP contribution in [-0.2, 0) is 4.74 Å². The lowest BCUT2D eigenvalue weighted by Crippen LogP contribution is -2.36. The van der Waals surface area contributed by atoms with E-state index in [4.69, 9.17) is 16.3 Å². The molecule has 0 bridgehead atoms. The molecule has 3 aliphatic rings. The normalized spacial score (nSPS) is 22.2. The zero-order valence-electron chi connectivity index (χ0n) is 16.2. The van der Waals surface area contributed by atoms with Gasteiger partial charge in [0.1, 0.15) is 6.17 Å². The molecule has 29 heavy (non-hydrogen) atoms. The Balaban J connectivity index is 1.51. The summed E-state index contributed by atoms with van der Waals surface area (Å²) in [5, 5.41) is 10.1. The van der Waals surface area contributed by atoms with E-state index in [1.54, 1.807) is 6.20 Å². The van der Waals surface area contributed by atoms with E-state index >= 15 is 0 Å². The minimum atomic E-state index is -0.510. The molecule has 0 aromatic carbocycles. The average Bonchev–Trinajstić information content (AvgIpc) is 2.94. The van der Waals surface area contributed by atoms with Crippen LogP contribution in [0.25, 0.3) is 5.57 Å². The van der Waals surface area contributed by atoms with E-state index in [0.717, 1.165) is 43.0 Å². The van der Waals surface area contributed by atoms with Gasteiger partial charge in [0.05, 0.1) is 23.9 Å². The number of hydrogen-bond donors (Lipinski definition) is 3. The van der Waals surface area contributed by atoms with Crippen LogP contribution >= 0.6 is 11.6 Å². The second kappa shape index (κ2) is 8.42. The van der Waals surface area contributed by atoms with Gasteiger partial charge in [-0.05, 0) is 19.4 Å². The minimum Gasteiger partial charge on any atom is -0.380 e. The van der Waals surface area contributed by atoms with Crippen LogP contribution in [0.5, 0.6) is 0 Å². The predicted octanol–water partition coefficient (Wildman–Crippen LogP) is 2.53. The fourth-order valence-corrected chi connectivity index (χ4v) is 3.72. The summed E-state index contributed by atoms with van der Waals surface area (Å²) in [7, 11) is 0. The van der Waals surface area contributed by atoms with Gasteiger partial charge in [0, 0.05) is 48.9 Å². The third-order valence-electron chi connectivity index (χ3n) is 5.16. The van der Waals surface area contributed by atoms with Crippen molar-refractivity contribution < 1.29 is 9.13 Å². The molecule has 9 heteroatoms. The number of nitrogens with zero attached hydrogens (tertiary/aromatic N) is 3. The predicted molar refractivity (Wildman–Crippen MR) is 111 cm³/mol. The van der Waals surface area contributed by atoms with Crippen molar-refractivity contribution in [1.82, 2.24) is 25.5 Å². The Morgan fingerprint density at radius 3 is 3.07 bits per heavy atom. The highest BCUT2D eigenvalue weighted by molar-refractivity contribution is 6.31. The molecule has 3 N–H and O–H groups in total. The molecule has 1 saturated heterocycles. The molecule has 2 atom stereocenters. The van der Waals surface area contributed by atoms with Gasteiger partial charge in [-0.1, -0.05) is 18.2 Å². The molecule has 1 aromatic heterocycles. The molecule has 3 aliphatic heterocycles. The van der Waals surface area contributed by atoms with Crippen molar-refractivity contribution in [1.29, 1.82) is 0 Å². The van der Waals surface area contributed by atoms with Gasteiger partial charge in [-0.2, -0.15) is 0 Å². The third-order valence-corrected chi connectivity index (χ3v) is 5.38. The summed E-state index contributed by atoms with van der Waals surface area (Å²) in [6, 6.07) is -0.193. The molecule has 1 fully saturated rings. The largest absolute Gasteiger partial charge is 0.380 e. The van der Waals surface area contributed by atoms with Crippen molar-refractivity contribution in [3.05, 3.63) is 59.2 Å². The molecule has 1 unspecified atom stereocenters. The summed E-state index contributed by atoms with van der Waals surface area (Å²) >= 11 is 6.11. The number of fused-ring (bicyclic) bond motifs is 1. The van der Waals surface area contributed by atoms with E-state index in [2.05, 4.69) is 37.4 Å². The summed E-state index contributed by atoms with van der Waals surface area (Å²) in [6.45, 7) is 9.20. The van der Waals surface area contributed by atoms with Gasteiger partial charge in [-0.15, -0.1) is 0 Å². The van der Waals surface area contributed by atoms with E-state index in [9.17, 15) is 4.39 Å². The van der Waals surface area contributed by atoms with E-state index in [0.29, 0.717) is 17.5 Å².